The summed E-state index contributed by atoms with van der Waals surface area (Å²) < 4.78 is 0. The van der Waals surface area contributed by atoms with Gasteiger partial charge in [-0.2, -0.15) is 0 Å². The quantitative estimate of drug-likeness (QED) is 0.451. The highest BCUT2D eigenvalue weighted by atomic mass is 32.2. The molecule has 6 heavy (non-hydrogen) atoms. The first-order valence-corrected chi connectivity index (χ1v) is 2.54. The molecule has 3 nitrogen and oxygen atoms in total. The van der Waals surface area contributed by atoms with E-state index in [1.54, 1.807) is 0 Å². The van der Waals surface area contributed by atoms with Gasteiger partial charge < -0.3 is 0 Å². The third kappa shape index (κ3) is 0.636. The molecule has 1 amide bonds. The molecule has 1 saturated heterocycles. The number of nitrogens with one attached hydrogen (secondary N) is 2. The highest BCUT2D eigenvalue weighted by Crippen LogP contribution is 2.00. The minimum atomic E-state index is 0.00926. The molecule has 0 aromatic rings. The largest absolute Gasteiger partial charge is 0.294 e. The van der Waals surface area contributed by atoms with Crippen LogP contribution in [-0.4, -0.2) is 11.1 Å². The Labute approximate surface area is 39.5 Å². The van der Waals surface area contributed by atoms with Gasteiger partial charge in [0.2, 0.25) is 0 Å². The molecule has 1 fully saturated rings. The first-order valence-electron chi connectivity index (χ1n) is 1.55. The number of hydrogen-bond acceptors (Lipinski definition) is 3. The van der Waals surface area contributed by atoms with Crippen LogP contribution in [0.3, 0.4) is 0 Å². The summed E-state index contributed by atoms with van der Waals surface area (Å²) in [6, 6.07) is 0. The van der Waals surface area contributed by atoms with Crippen molar-refractivity contribution in [3.8, 4) is 0 Å². The van der Waals surface area contributed by atoms with E-state index >= 15 is 0 Å². The van der Waals surface area contributed by atoms with E-state index in [9.17, 15) is 4.79 Å². The van der Waals surface area contributed by atoms with Crippen LogP contribution >= 0.6 is 11.8 Å². The van der Waals surface area contributed by atoms with Crippen LogP contribution in [0.2, 0.25) is 0 Å². The maximum atomic E-state index is 10.0. The van der Waals surface area contributed by atoms with E-state index in [2.05, 4.69) is 10.9 Å². The lowest BCUT2D eigenvalue weighted by molar-refractivity contribution is 0.260. The second-order valence-corrected chi connectivity index (χ2v) is 1.83. The maximum absolute atomic E-state index is 10.0. The van der Waals surface area contributed by atoms with Gasteiger partial charge in [0, 0.05) is 0 Å². The van der Waals surface area contributed by atoms with Crippen molar-refractivity contribution in [2.75, 3.05) is 5.88 Å². The smallest absolute Gasteiger partial charge is 0.281 e. The molecule has 4 heteroatoms. The van der Waals surface area contributed by atoms with Crippen molar-refractivity contribution in [1.82, 2.24) is 10.9 Å². The van der Waals surface area contributed by atoms with E-state index < -0.39 is 0 Å². The zero-order chi connectivity index (χ0) is 4.41. The minimum absolute atomic E-state index is 0.00926. The number of hydrogen-bond donors (Lipinski definition) is 2. The van der Waals surface area contributed by atoms with Gasteiger partial charge in [-0.15, -0.1) is 0 Å². The van der Waals surface area contributed by atoms with Crippen molar-refractivity contribution in [2.24, 2.45) is 0 Å². The molecule has 0 aromatic carbocycles. The van der Waals surface area contributed by atoms with Gasteiger partial charge in [-0.25, -0.2) is 5.43 Å². The average Bonchev–Trinajstić information content (AvgIpc) is 1.86. The normalized spacial score (nSPS) is 21.0. The van der Waals surface area contributed by atoms with Gasteiger partial charge in [0.05, 0.1) is 5.88 Å². The summed E-state index contributed by atoms with van der Waals surface area (Å²) in [7, 11) is 0. The predicted octanol–water partition coefficient (Wildman–Crippen LogP) is -0.0951. The van der Waals surface area contributed by atoms with E-state index in [4.69, 9.17) is 0 Å². The first kappa shape index (κ1) is 3.95. The molecule has 0 radical (unpaired) electrons. The van der Waals surface area contributed by atoms with Crippen LogP contribution in [-0.2, 0) is 0 Å². The van der Waals surface area contributed by atoms with Crippen LogP contribution in [0.1, 0.15) is 0 Å². The number of amides is 1. The van der Waals surface area contributed by atoms with Crippen LogP contribution < -0.4 is 10.9 Å². The lowest BCUT2D eigenvalue weighted by Gasteiger charge is -1.80. The fourth-order valence-electron chi connectivity index (χ4n) is 0.246. The topological polar surface area (TPSA) is 41.1 Å². The van der Waals surface area contributed by atoms with E-state index in [0.29, 0.717) is 5.88 Å². The molecule has 0 spiro atoms. The summed E-state index contributed by atoms with van der Waals surface area (Å²) in [4.78, 5) is 10.0. The standard InChI is InChI=1S/C2H4N2OS/c5-2-4-3-1-6-2/h3H,1H2,(H,4,5). The third-order valence-corrected chi connectivity index (χ3v) is 1.12. The lowest BCUT2D eigenvalue weighted by Crippen LogP contribution is -2.24. The predicted molar refractivity (Wildman–Crippen MR) is 24.1 cm³/mol. The fraction of sp³-hybridized carbons (Fsp3) is 0.500. The molecule has 2 N–H and O–H groups in total. The molecular formula is C2H4N2OS. The summed E-state index contributed by atoms with van der Waals surface area (Å²) >= 11 is 1.24. The molecule has 1 heterocycles. The van der Waals surface area contributed by atoms with Gasteiger partial charge in [0.25, 0.3) is 5.24 Å². The zero-order valence-electron chi connectivity index (χ0n) is 3.02. The van der Waals surface area contributed by atoms with Crippen molar-refractivity contribution in [3.63, 3.8) is 0 Å². The molecule has 1 rings (SSSR count). The van der Waals surface area contributed by atoms with Gasteiger partial charge in [0.15, 0.2) is 0 Å². The summed E-state index contributed by atoms with van der Waals surface area (Å²) in [6.45, 7) is 0. The number of hydrazine groups is 1. The van der Waals surface area contributed by atoms with Crippen LogP contribution in [0.5, 0.6) is 0 Å². The molecule has 0 atom stereocenters. The Morgan fingerprint density at radius 2 is 2.67 bits per heavy atom. The Bertz CT molecular complexity index is 65.9. The van der Waals surface area contributed by atoms with E-state index in [0.717, 1.165) is 0 Å². The van der Waals surface area contributed by atoms with Gasteiger partial charge >= 0.3 is 0 Å². The molecule has 1 aliphatic rings. The summed E-state index contributed by atoms with van der Waals surface area (Å²) in [5.74, 6) is 0.693. The second-order valence-electron chi connectivity index (χ2n) is 0.878. The van der Waals surface area contributed by atoms with Crippen molar-refractivity contribution in [1.29, 1.82) is 0 Å². The third-order valence-electron chi connectivity index (χ3n) is 0.466. The van der Waals surface area contributed by atoms with Crippen molar-refractivity contribution >= 4 is 17.0 Å². The van der Waals surface area contributed by atoms with Gasteiger partial charge in [-0.3, -0.25) is 10.2 Å². The SMILES string of the molecule is O=C1NNCS1. The van der Waals surface area contributed by atoms with E-state index in [1.165, 1.54) is 11.8 Å². The van der Waals surface area contributed by atoms with Gasteiger partial charge in [-0.05, 0) is 11.8 Å². The second kappa shape index (κ2) is 1.49. The fourth-order valence-corrected chi connectivity index (χ4v) is 0.666. The molecule has 0 unspecified atom stereocenters. The van der Waals surface area contributed by atoms with Crippen LogP contribution in [0.4, 0.5) is 4.79 Å². The average molecular weight is 104 g/mol. The number of thioether (sulfide) groups is 1. The Morgan fingerprint density at radius 3 is 2.83 bits per heavy atom. The van der Waals surface area contributed by atoms with E-state index in [-0.39, 0.29) is 5.24 Å². The Kier molecular flexibility index (Phi) is 0.979. The highest BCUT2D eigenvalue weighted by Gasteiger charge is 2.05. The maximum Gasteiger partial charge on any atom is 0.294 e. The monoisotopic (exact) mass is 104 g/mol. The van der Waals surface area contributed by atoms with E-state index in [1.807, 2.05) is 0 Å². The number of carbonyl (C=O) groups is 1. The van der Waals surface area contributed by atoms with Gasteiger partial charge in [-0.1, -0.05) is 0 Å². The summed E-state index contributed by atoms with van der Waals surface area (Å²) in [5, 5.41) is 0.00926. The molecule has 0 bridgehead atoms. The van der Waals surface area contributed by atoms with Crippen LogP contribution in [0.25, 0.3) is 0 Å². The summed E-state index contributed by atoms with van der Waals surface area (Å²) in [6.07, 6.45) is 0. The lowest BCUT2D eigenvalue weighted by atomic mass is 11.3. The Hall–Kier alpha value is -0.220. The molecular weight excluding hydrogens is 100 g/mol. The van der Waals surface area contributed by atoms with Crippen LogP contribution in [0.15, 0.2) is 0 Å². The van der Waals surface area contributed by atoms with Crippen LogP contribution in [0, 0.1) is 0 Å². The Morgan fingerprint density at radius 1 is 1.83 bits per heavy atom. The van der Waals surface area contributed by atoms with Crippen molar-refractivity contribution in [3.05, 3.63) is 0 Å². The molecule has 0 saturated carbocycles. The molecule has 0 aromatic heterocycles. The zero-order valence-corrected chi connectivity index (χ0v) is 3.84. The first-order chi connectivity index (χ1) is 2.89. The molecule has 0 aliphatic carbocycles. The van der Waals surface area contributed by atoms with Crippen molar-refractivity contribution < 1.29 is 4.79 Å². The molecule has 34 valence electrons. The van der Waals surface area contributed by atoms with Crippen molar-refractivity contribution in [2.45, 2.75) is 0 Å². The van der Waals surface area contributed by atoms with Gasteiger partial charge in [0.1, 0.15) is 0 Å². The summed E-state index contributed by atoms with van der Waals surface area (Å²) in [5.41, 5.74) is 5.03. The molecule has 1 aliphatic heterocycles. The highest BCUT2D eigenvalue weighted by molar-refractivity contribution is 8.13. The number of rotatable bonds is 0. The number of carbonyl (C=O) groups excluding carboxylic acids is 1. The Balaban J connectivity index is 2.37. The minimum Gasteiger partial charge on any atom is -0.281 e.